The topological polar surface area (TPSA) is 105 Å². The summed E-state index contributed by atoms with van der Waals surface area (Å²) in [7, 11) is 0. The van der Waals surface area contributed by atoms with Crippen LogP contribution in [0, 0.1) is 5.82 Å². The Hall–Kier alpha value is -4.28. The van der Waals surface area contributed by atoms with E-state index in [9.17, 15) is 14.4 Å². The molecular formula is C25H26FN7O3. The first-order valence-corrected chi connectivity index (χ1v) is 11.8. The number of fused-ring (bicyclic) bond motifs is 2. The minimum Gasteiger partial charge on any atom is -0.366 e. The van der Waals surface area contributed by atoms with Crippen LogP contribution in [0.1, 0.15) is 30.0 Å². The summed E-state index contributed by atoms with van der Waals surface area (Å²) in [5.74, 6) is -0.583. The minimum absolute atomic E-state index is 0.00328. The number of hydrogen-bond acceptors (Lipinski definition) is 6. The first kappa shape index (κ1) is 23.5. The summed E-state index contributed by atoms with van der Waals surface area (Å²) >= 11 is 0. The maximum atomic E-state index is 15.2. The molecule has 186 valence electrons. The zero-order valence-electron chi connectivity index (χ0n) is 20.1. The number of rotatable bonds is 5. The van der Waals surface area contributed by atoms with Crippen molar-refractivity contribution in [3.8, 4) is 0 Å². The molecule has 1 aromatic carbocycles. The molecule has 1 N–H and O–H groups in total. The van der Waals surface area contributed by atoms with Gasteiger partial charge in [-0.05, 0) is 31.2 Å². The highest BCUT2D eigenvalue weighted by molar-refractivity contribution is 5.97. The number of carbonyl (C=O) groups excluding carboxylic acids is 2. The third-order valence-electron chi connectivity index (χ3n) is 6.59. The molecule has 0 spiro atoms. The predicted molar refractivity (Wildman–Crippen MR) is 132 cm³/mol. The molecule has 0 aliphatic carbocycles. The molecule has 3 aromatic heterocycles. The van der Waals surface area contributed by atoms with Crippen LogP contribution in [0.2, 0.25) is 0 Å². The van der Waals surface area contributed by atoms with Crippen molar-refractivity contribution in [2.24, 2.45) is 0 Å². The average Bonchev–Trinajstić information content (AvgIpc) is 3.30. The lowest BCUT2D eigenvalue weighted by Crippen LogP contribution is -2.48. The monoisotopic (exact) mass is 491 g/mol. The molecule has 0 radical (unpaired) electrons. The van der Waals surface area contributed by atoms with Crippen molar-refractivity contribution in [3.63, 3.8) is 0 Å². The minimum atomic E-state index is -0.568. The summed E-state index contributed by atoms with van der Waals surface area (Å²) in [6, 6.07) is 8.33. The van der Waals surface area contributed by atoms with Gasteiger partial charge in [0.15, 0.2) is 11.5 Å². The number of nitrogens with one attached hydrogen (secondary N) is 1. The SMILES string of the molecule is CCn1cc(C(=O)NCc2nnc3ccccn23)c(=O)c2cc(F)c(N3CCN(C(C)=O)CC3)cc21. The predicted octanol–water partition coefficient (Wildman–Crippen LogP) is 1.80. The Kier molecular flexibility index (Phi) is 6.13. The first-order chi connectivity index (χ1) is 17.4. The van der Waals surface area contributed by atoms with Crippen molar-refractivity contribution < 1.29 is 14.0 Å². The van der Waals surface area contributed by atoms with Crippen LogP contribution in [-0.2, 0) is 17.9 Å². The fourth-order valence-electron chi connectivity index (χ4n) is 4.59. The second-order valence-corrected chi connectivity index (χ2v) is 8.70. The highest BCUT2D eigenvalue weighted by atomic mass is 19.1. The van der Waals surface area contributed by atoms with Crippen molar-refractivity contribution in [3.05, 3.63) is 70.2 Å². The Morgan fingerprint density at radius 2 is 1.89 bits per heavy atom. The average molecular weight is 492 g/mol. The smallest absolute Gasteiger partial charge is 0.257 e. The van der Waals surface area contributed by atoms with Crippen LogP contribution in [0.25, 0.3) is 16.6 Å². The lowest BCUT2D eigenvalue weighted by Gasteiger charge is -2.36. The maximum Gasteiger partial charge on any atom is 0.257 e. The standard InChI is InChI=1S/C25H26FN7O3/c1-3-30-15-18(25(36)27-14-23-29-28-22-6-4-5-7-33(22)23)24(35)17-12-19(26)21(13-20(17)30)32-10-8-31(9-11-32)16(2)34/h4-7,12-13,15H,3,8-11,14H2,1-2H3,(H,27,36). The Balaban J connectivity index is 1.44. The number of pyridine rings is 2. The molecule has 0 saturated carbocycles. The van der Waals surface area contributed by atoms with Gasteiger partial charge in [0, 0.05) is 57.4 Å². The van der Waals surface area contributed by atoms with Crippen molar-refractivity contribution in [2.45, 2.75) is 26.9 Å². The zero-order valence-corrected chi connectivity index (χ0v) is 20.1. The first-order valence-electron chi connectivity index (χ1n) is 11.8. The Bertz CT molecular complexity index is 1540. The van der Waals surface area contributed by atoms with E-state index < -0.39 is 17.2 Å². The Morgan fingerprint density at radius 3 is 2.61 bits per heavy atom. The van der Waals surface area contributed by atoms with Gasteiger partial charge in [0.05, 0.1) is 17.7 Å². The van der Waals surface area contributed by atoms with Gasteiger partial charge in [0.1, 0.15) is 11.4 Å². The van der Waals surface area contributed by atoms with E-state index >= 15 is 4.39 Å². The fourth-order valence-corrected chi connectivity index (χ4v) is 4.59. The van der Waals surface area contributed by atoms with E-state index in [1.807, 2.05) is 24.0 Å². The van der Waals surface area contributed by atoms with Gasteiger partial charge < -0.3 is 19.7 Å². The normalized spacial score (nSPS) is 14.0. The second kappa shape index (κ2) is 9.40. The molecular weight excluding hydrogens is 465 g/mol. The number of amides is 2. The summed E-state index contributed by atoms with van der Waals surface area (Å²) in [6.45, 7) is 5.98. The third-order valence-corrected chi connectivity index (χ3v) is 6.59. The van der Waals surface area contributed by atoms with Crippen LogP contribution in [-0.4, -0.2) is 62.1 Å². The second-order valence-electron chi connectivity index (χ2n) is 8.70. The largest absolute Gasteiger partial charge is 0.366 e. The number of aryl methyl sites for hydroxylation is 1. The number of nitrogens with zero attached hydrogens (tertiary/aromatic N) is 6. The van der Waals surface area contributed by atoms with E-state index in [4.69, 9.17) is 0 Å². The molecule has 1 aliphatic rings. The number of anilines is 1. The molecule has 36 heavy (non-hydrogen) atoms. The van der Waals surface area contributed by atoms with Crippen molar-refractivity contribution in [1.29, 1.82) is 0 Å². The molecule has 10 nitrogen and oxygen atoms in total. The van der Waals surface area contributed by atoms with Crippen molar-refractivity contribution in [1.82, 2.24) is 29.4 Å². The number of hydrogen-bond donors (Lipinski definition) is 1. The quantitative estimate of drug-likeness (QED) is 0.457. The van der Waals surface area contributed by atoms with E-state index in [1.165, 1.54) is 19.2 Å². The van der Waals surface area contributed by atoms with Gasteiger partial charge in [0.2, 0.25) is 11.3 Å². The molecule has 0 bridgehead atoms. The molecule has 1 fully saturated rings. The van der Waals surface area contributed by atoms with Gasteiger partial charge in [0.25, 0.3) is 5.91 Å². The van der Waals surface area contributed by atoms with Crippen LogP contribution in [0.15, 0.2) is 47.5 Å². The van der Waals surface area contributed by atoms with Gasteiger partial charge in [-0.15, -0.1) is 10.2 Å². The lowest BCUT2D eigenvalue weighted by atomic mass is 10.1. The maximum absolute atomic E-state index is 15.2. The highest BCUT2D eigenvalue weighted by Gasteiger charge is 2.23. The molecule has 11 heteroatoms. The molecule has 1 saturated heterocycles. The fraction of sp³-hybridized carbons (Fsp3) is 0.320. The third kappa shape index (κ3) is 4.16. The van der Waals surface area contributed by atoms with E-state index in [0.717, 1.165) is 0 Å². The van der Waals surface area contributed by atoms with Crippen LogP contribution < -0.4 is 15.6 Å². The van der Waals surface area contributed by atoms with Crippen molar-refractivity contribution >= 4 is 34.1 Å². The van der Waals surface area contributed by atoms with E-state index in [2.05, 4.69) is 15.5 Å². The Labute approximate surface area is 205 Å². The van der Waals surface area contributed by atoms with Crippen LogP contribution in [0.5, 0.6) is 0 Å². The zero-order chi connectivity index (χ0) is 25.4. The lowest BCUT2D eigenvalue weighted by molar-refractivity contribution is -0.129. The number of carbonyl (C=O) groups is 2. The number of piperazine rings is 1. The molecule has 4 heterocycles. The van der Waals surface area contributed by atoms with Gasteiger partial charge in [-0.2, -0.15) is 0 Å². The molecule has 1 aliphatic heterocycles. The van der Waals surface area contributed by atoms with E-state index in [0.29, 0.717) is 55.4 Å². The molecule has 4 aromatic rings. The number of benzene rings is 1. The summed E-state index contributed by atoms with van der Waals surface area (Å²) in [5.41, 5.74) is 0.969. The van der Waals surface area contributed by atoms with E-state index in [1.54, 1.807) is 32.2 Å². The van der Waals surface area contributed by atoms with Crippen LogP contribution in [0.3, 0.4) is 0 Å². The summed E-state index contributed by atoms with van der Waals surface area (Å²) < 4.78 is 18.7. The van der Waals surface area contributed by atoms with Gasteiger partial charge in [-0.1, -0.05) is 6.07 Å². The Morgan fingerprint density at radius 1 is 1.11 bits per heavy atom. The van der Waals surface area contributed by atoms with E-state index in [-0.39, 0.29) is 23.4 Å². The number of aromatic nitrogens is 4. The molecule has 2 amide bonds. The highest BCUT2D eigenvalue weighted by Crippen LogP contribution is 2.26. The van der Waals surface area contributed by atoms with Gasteiger partial charge in [-0.3, -0.25) is 18.8 Å². The van der Waals surface area contributed by atoms with Gasteiger partial charge >= 0.3 is 0 Å². The van der Waals surface area contributed by atoms with Gasteiger partial charge in [-0.25, -0.2) is 4.39 Å². The van der Waals surface area contributed by atoms with Crippen LogP contribution in [0.4, 0.5) is 10.1 Å². The summed E-state index contributed by atoms with van der Waals surface area (Å²) in [4.78, 5) is 41.4. The number of halogens is 1. The molecule has 0 unspecified atom stereocenters. The molecule has 5 rings (SSSR count). The molecule has 0 atom stereocenters. The van der Waals surface area contributed by atoms with Crippen LogP contribution >= 0.6 is 0 Å². The summed E-state index contributed by atoms with van der Waals surface area (Å²) in [6.07, 6.45) is 3.30. The van der Waals surface area contributed by atoms with Crippen molar-refractivity contribution in [2.75, 3.05) is 31.1 Å². The summed E-state index contributed by atoms with van der Waals surface area (Å²) in [5, 5.41) is 11.0.